The minimum atomic E-state index is -0.615. The zero-order chi connectivity index (χ0) is 17.4. The highest BCUT2D eigenvalue weighted by molar-refractivity contribution is 5.80. The standard InChI is InChI=1S/C19H20N2O3/c1-14(24-17-9-7-15(13-20)8-10-17)19(22)21-12-11-16-5-3-4-6-18(16)23-2/h3-10,14H,11-12H2,1-2H3,(H,21,22). The Hall–Kier alpha value is -3.00. The van der Waals surface area contributed by atoms with Crippen LogP contribution in [0, 0.1) is 11.3 Å². The summed E-state index contributed by atoms with van der Waals surface area (Å²) in [6.45, 7) is 2.19. The predicted molar refractivity (Wildman–Crippen MR) is 91.0 cm³/mol. The number of hydrogen-bond donors (Lipinski definition) is 1. The molecular weight excluding hydrogens is 304 g/mol. The van der Waals surface area contributed by atoms with Crippen LogP contribution in [-0.4, -0.2) is 25.7 Å². The number of methoxy groups -OCH3 is 1. The van der Waals surface area contributed by atoms with Crippen LogP contribution in [0.15, 0.2) is 48.5 Å². The first kappa shape index (κ1) is 17.4. The van der Waals surface area contributed by atoms with Crippen LogP contribution >= 0.6 is 0 Å². The Balaban J connectivity index is 1.82. The largest absolute Gasteiger partial charge is 0.496 e. The van der Waals surface area contributed by atoms with Gasteiger partial charge in [0, 0.05) is 6.54 Å². The quantitative estimate of drug-likeness (QED) is 0.850. The highest BCUT2D eigenvalue weighted by Crippen LogP contribution is 2.17. The maximum Gasteiger partial charge on any atom is 0.260 e. The summed E-state index contributed by atoms with van der Waals surface area (Å²) in [5, 5.41) is 11.6. The molecule has 0 aliphatic heterocycles. The van der Waals surface area contributed by atoms with Crippen molar-refractivity contribution in [1.82, 2.24) is 5.32 Å². The fourth-order valence-corrected chi connectivity index (χ4v) is 2.24. The van der Waals surface area contributed by atoms with Gasteiger partial charge in [0.2, 0.25) is 0 Å². The number of carbonyl (C=O) groups excluding carboxylic acids is 1. The van der Waals surface area contributed by atoms with Gasteiger partial charge in [0.25, 0.3) is 5.91 Å². The van der Waals surface area contributed by atoms with Gasteiger partial charge in [-0.15, -0.1) is 0 Å². The monoisotopic (exact) mass is 324 g/mol. The minimum Gasteiger partial charge on any atom is -0.496 e. The average molecular weight is 324 g/mol. The van der Waals surface area contributed by atoms with Crippen LogP contribution in [0.25, 0.3) is 0 Å². The maximum absolute atomic E-state index is 12.1. The zero-order valence-corrected chi connectivity index (χ0v) is 13.8. The molecule has 0 spiro atoms. The van der Waals surface area contributed by atoms with Crippen molar-refractivity contribution in [2.75, 3.05) is 13.7 Å². The molecule has 0 fully saturated rings. The summed E-state index contributed by atoms with van der Waals surface area (Å²) < 4.78 is 10.9. The molecule has 1 unspecified atom stereocenters. The molecule has 5 nitrogen and oxygen atoms in total. The van der Waals surface area contributed by atoms with E-state index in [-0.39, 0.29) is 5.91 Å². The van der Waals surface area contributed by atoms with E-state index in [0.717, 1.165) is 11.3 Å². The van der Waals surface area contributed by atoms with Crippen LogP contribution in [0.5, 0.6) is 11.5 Å². The molecule has 0 saturated carbocycles. The zero-order valence-electron chi connectivity index (χ0n) is 13.8. The molecule has 0 aromatic heterocycles. The second-order valence-corrected chi connectivity index (χ2v) is 5.25. The lowest BCUT2D eigenvalue weighted by Crippen LogP contribution is -2.37. The van der Waals surface area contributed by atoms with Gasteiger partial charge in [0.1, 0.15) is 11.5 Å². The van der Waals surface area contributed by atoms with Gasteiger partial charge in [0.15, 0.2) is 6.10 Å². The Morgan fingerprint density at radius 3 is 2.58 bits per heavy atom. The number of carbonyl (C=O) groups is 1. The highest BCUT2D eigenvalue weighted by atomic mass is 16.5. The van der Waals surface area contributed by atoms with Crippen molar-refractivity contribution >= 4 is 5.91 Å². The van der Waals surface area contributed by atoms with Crippen LogP contribution in [-0.2, 0) is 11.2 Å². The Morgan fingerprint density at radius 1 is 1.21 bits per heavy atom. The van der Waals surface area contributed by atoms with E-state index in [2.05, 4.69) is 5.32 Å². The number of ether oxygens (including phenoxy) is 2. The fraction of sp³-hybridized carbons (Fsp3) is 0.263. The second-order valence-electron chi connectivity index (χ2n) is 5.25. The molecule has 2 rings (SSSR count). The van der Waals surface area contributed by atoms with Gasteiger partial charge < -0.3 is 14.8 Å². The van der Waals surface area contributed by atoms with E-state index in [4.69, 9.17) is 14.7 Å². The molecule has 1 N–H and O–H groups in total. The first-order valence-electron chi connectivity index (χ1n) is 7.70. The molecule has 124 valence electrons. The molecule has 0 aliphatic rings. The lowest BCUT2D eigenvalue weighted by molar-refractivity contribution is -0.127. The van der Waals surface area contributed by atoms with E-state index in [1.165, 1.54) is 0 Å². The summed E-state index contributed by atoms with van der Waals surface area (Å²) in [5.74, 6) is 1.18. The van der Waals surface area contributed by atoms with Gasteiger partial charge >= 0.3 is 0 Å². The molecule has 0 heterocycles. The first-order valence-corrected chi connectivity index (χ1v) is 7.70. The van der Waals surface area contributed by atoms with Crippen molar-refractivity contribution in [3.8, 4) is 17.6 Å². The highest BCUT2D eigenvalue weighted by Gasteiger charge is 2.14. The van der Waals surface area contributed by atoms with Crippen LogP contribution in [0.3, 0.4) is 0 Å². The van der Waals surface area contributed by atoms with E-state index in [9.17, 15) is 4.79 Å². The molecule has 24 heavy (non-hydrogen) atoms. The lowest BCUT2D eigenvalue weighted by atomic mass is 10.1. The van der Waals surface area contributed by atoms with Gasteiger partial charge in [-0.25, -0.2) is 0 Å². The van der Waals surface area contributed by atoms with Crippen molar-refractivity contribution in [3.63, 3.8) is 0 Å². The predicted octanol–water partition coefficient (Wildman–Crippen LogP) is 2.69. The van der Waals surface area contributed by atoms with E-state index in [1.807, 2.05) is 30.3 Å². The molecule has 2 aromatic carbocycles. The summed E-state index contributed by atoms with van der Waals surface area (Å²) in [6.07, 6.45) is 0.0647. The Kier molecular flexibility index (Phi) is 6.21. The van der Waals surface area contributed by atoms with Crippen molar-refractivity contribution in [3.05, 3.63) is 59.7 Å². The fourth-order valence-electron chi connectivity index (χ4n) is 2.24. The SMILES string of the molecule is COc1ccccc1CCNC(=O)C(C)Oc1ccc(C#N)cc1. The number of para-hydroxylation sites is 1. The van der Waals surface area contributed by atoms with Crippen molar-refractivity contribution in [2.45, 2.75) is 19.4 Å². The summed E-state index contributed by atoms with van der Waals surface area (Å²) >= 11 is 0. The van der Waals surface area contributed by atoms with E-state index < -0.39 is 6.10 Å². The van der Waals surface area contributed by atoms with Gasteiger partial charge in [-0.3, -0.25) is 4.79 Å². The molecular formula is C19H20N2O3. The van der Waals surface area contributed by atoms with Gasteiger partial charge in [-0.1, -0.05) is 18.2 Å². The van der Waals surface area contributed by atoms with Gasteiger partial charge in [0.05, 0.1) is 18.7 Å². The number of amides is 1. The van der Waals surface area contributed by atoms with Crippen LogP contribution in [0.2, 0.25) is 0 Å². The third kappa shape index (κ3) is 4.75. The number of rotatable bonds is 7. The average Bonchev–Trinajstić information content (AvgIpc) is 2.62. The normalized spacial score (nSPS) is 11.2. The molecule has 0 bridgehead atoms. The first-order chi connectivity index (χ1) is 11.6. The van der Waals surface area contributed by atoms with E-state index >= 15 is 0 Å². The van der Waals surface area contributed by atoms with E-state index in [0.29, 0.717) is 24.3 Å². The maximum atomic E-state index is 12.1. The molecule has 1 amide bonds. The third-order valence-electron chi connectivity index (χ3n) is 3.55. The molecule has 0 saturated heterocycles. The number of hydrogen-bond acceptors (Lipinski definition) is 4. The van der Waals surface area contributed by atoms with Crippen molar-refractivity contribution < 1.29 is 14.3 Å². The summed E-state index contributed by atoms with van der Waals surface area (Å²) in [6, 6.07) is 16.4. The number of nitrogens with one attached hydrogen (secondary N) is 1. The van der Waals surface area contributed by atoms with Crippen molar-refractivity contribution in [2.24, 2.45) is 0 Å². The lowest BCUT2D eigenvalue weighted by Gasteiger charge is -2.15. The third-order valence-corrected chi connectivity index (χ3v) is 3.55. The summed E-state index contributed by atoms with van der Waals surface area (Å²) in [4.78, 5) is 12.1. The van der Waals surface area contributed by atoms with Crippen LogP contribution < -0.4 is 14.8 Å². The molecule has 1 atom stereocenters. The smallest absolute Gasteiger partial charge is 0.260 e. The molecule has 2 aromatic rings. The van der Waals surface area contributed by atoms with Gasteiger partial charge in [-0.2, -0.15) is 5.26 Å². The Labute approximate surface area is 141 Å². The van der Waals surface area contributed by atoms with Crippen LogP contribution in [0.1, 0.15) is 18.1 Å². The number of nitriles is 1. The Bertz CT molecular complexity index is 720. The second kappa shape index (κ2) is 8.59. The summed E-state index contributed by atoms with van der Waals surface area (Å²) in [5.41, 5.74) is 1.59. The van der Waals surface area contributed by atoms with Gasteiger partial charge in [-0.05, 0) is 49.2 Å². The number of nitrogens with zero attached hydrogens (tertiary/aromatic N) is 1. The number of benzene rings is 2. The molecule has 0 radical (unpaired) electrons. The minimum absolute atomic E-state index is 0.186. The topological polar surface area (TPSA) is 71.3 Å². The summed E-state index contributed by atoms with van der Waals surface area (Å²) in [7, 11) is 1.63. The van der Waals surface area contributed by atoms with E-state index in [1.54, 1.807) is 38.3 Å². The van der Waals surface area contributed by atoms with Crippen LogP contribution in [0.4, 0.5) is 0 Å². The molecule has 0 aliphatic carbocycles. The Morgan fingerprint density at radius 2 is 1.92 bits per heavy atom. The van der Waals surface area contributed by atoms with Crippen molar-refractivity contribution in [1.29, 1.82) is 5.26 Å². The molecule has 5 heteroatoms.